The van der Waals surface area contributed by atoms with Gasteiger partial charge in [-0.25, -0.2) is 19.6 Å². The molecule has 1 saturated carbocycles. The standard InChI is InChI=1S/C52H64N8O7/c1-29(2)43(56-50(64)66-5)48(62)59-25-9-11-40(59)45-53-28-39(55-45)32-15-13-31(14-16-32)35-19-18-34(36-21-24-52(42(35)36)22-7-8-23-52)33-17-20-38-37(27-33)47(61)58-46(54-38)41-12-10-26-60(41)49(63)44(30(3)4)57-51(65)67-6/h13,15,17-20,27-30,40-41,43-44H,7-12,14,16,21-26H2,1-6H3,(H,53,55)(H,56,64)(H,57,65)(H,54,58,61)/t40-,41-,43-,44-/m0/s1. The van der Waals surface area contributed by atoms with E-state index in [1.807, 2.05) is 50.9 Å². The molecule has 3 fully saturated rings. The van der Waals surface area contributed by atoms with Gasteiger partial charge in [-0.15, -0.1) is 0 Å². The highest BCUT2D eigenvalue weighted by Crippen LogP contribution is 2.55. The third-order valence-corrected chi connectivity index (χ3v) is 15.2. The van der Waals surface area contributed by atoms with Crippen LogP contribution in [0.15, 0.2) is 53.5 Å². The first-order valence-electron chi connectivity index (χ1n) is 24.3. The van der Waals surface area contributed by atoms with E-state index in [1.54, 1.807) is 4.90 Å². The molecule has 2 aromatic heterocycles. The molecule has 15 nitrogen and oxygen atoms in total. The number of likely N-dealkylation sites (tertiary alicyclic amines) is 2. The topological polar surface area (TPSA) is 192 Å². The molecule has 354 valence electrons. The van der Waals surface area contributed by atoms with Crippen LogP contribution in [0.4, 0.5) is 9.59 Å². The molecule has 0 unspecified atom stereocenters. The molecule has 3 aliphatic carbocycles. The molecule has 5 aliphatic rings. The minimum atomic E-state index is -0.767. The summed E-state index contributed by atoms with van der Waals surface area (Å²) in [6.07, 6.45) is 16.8. The summed E-state index contributed by atoms with van der Waals surface area (Å²) in [7, 11) is 2.58. The van der Waals surface area contributed by atoms with Crippen molar-refractivity contribution in [2.24, 2.45) is 11.8 Å². The Morgan fingerprint density at radius 1 is 0.731 bits per heavy atom. The zero-order chi connectivity index (χ0) is 47.1. The second kappa shape index (κ2) is 18.8. The van der Waals surface area contributed by atoms with Crippen LogP contribution >= 0.6 is 0 Å². The number of nitrogens with one attached hydrogen (secondary N) is 4. The lowest BCUT2D eigenvalue weighted by Crippen LogP contribution is -2.51. The molecule has 4 heterocycles. The number of carbonyl (C=O) groups is 4. The normalized spacial score (nSPS) is 20.8. The molecule has 15 heteroatoms. The molecule has 4 aromatic rings. The Kier molecular flexibility index (Phi) is 12.9. The van der Waals surface area contributed by atoms with Crippen LogP contribution in [0.5, 0.6) is 0 Å². The highest BCUT2D eigenvalue weighted by molar-refractivity contribution is 5.89. The number of benzene rings is 2. The van der Waals surface area contributed by atoms with Gasteiger partial charge in [0.05, 0.1) is 49.1 Å². The van der Waals surface area contributed by atoms with Crippen molar-refractivity contribution >= 4 is 46.0 Å². The molecule has 4 atom stereocenters. The van der Waals surface area contributed by atoms with E-state index in [0.29, 0.717) is 36.2 Å². The SMILES string of the molecule is COC(=O)N[C@H](C(=O)N1CCC[C@H]1c1ncc(C2=CC=C(c3ccc(-c4ccc5nc([C@@H]6CCCN6C(=O)[C@@H](NC(=O)OC)C(C)C)[nH]c(=O)c5c4)c4c3C3(CCCC3)CC4)CC2)[nH]1)C(C)C. The van der Waals surface area contributed by atoms with Crippen LogP contribution in [0.25, 0.3) is 33.2 Å². The van der Waals surface area contributed by atoms with Gasteiger partial charge in [-0.3, -0.25) is 14.4 Å². The number of fused-ring (bicyclic) bond motifs is 3. The van der Waals surface area contributed by atoms with E-state index < -0.39 is 30.3 Å². The molecular weight excluding hydrogens is 849 g/mol. The minimum Gasteiger partial charge on any atom is -0.453 e. The summed E-state index contributed by atoms with van der Waals surface area (Å²) in [5, 5.41) is 5.93. The van der Waals surface area contributed by atoms with Crippen LogP contribution in [0.3, 0.4) is 0 Å². The van der Waals surface area contributed by atoms with Gasteiger partial charge in [0.25, 0.3) is 5.56 Å². The van der Waals surface area contributed by atoms with Gasteiger partial charge in [-0.2, -0.15) is 0 Å². The number of amides is 4. The Balaban J connectivity index is 0.976. The maximum atomic E-state index is 13.9. The predicted octanol–water partition coefficient (Wildman–Crippen LogP) is 8.42. The lowest BCUT2D eigenvalue weighted by Gasteiger charge is -2.30. The zero-order valence-corrected chi connectivity index (χ0v) is 39.6. The van der Waals surface area contributed by atoms with Crippen molar-refractivity contribution in [1.82, 2.24) is 40.4 Å². The number of H-pyrrole nitrogens is 2. The van der Waals surface area contributed by atoms with Crippen molar-refractivity contribution in [3.8, 4) is 11.1 Å². The maximum Gasteiger partial charge on any atom is 0.407 e. The number of allylic oxidation sites excluding steroid dienone is 4. The Hall–Kier alpha value is -6.25. The van der Waals surface area contributed by atoms with Crippen molar-refractivity contribution in [3.05, 3.63) is 93.1 Å². The van der Waals surface area contributed by atoms with E-state index in [-0.39, 0.29) is 40.7 Å². The number of hydrogen-bond donors (Lipinski definition) is 4. The smallest absolute Gasteiger partial charge is 0.407 e. The minimum absolute atomic E-state index is 0.106. The van der Waals surface area contributed by atoms with Crippen molar-refractivity contribution in [1.29, 1.82) is 0 Å². The van der Waals surface area contributed by atoms with Gasteiger partial charge >= 0.3 is 12.2 Å². The second-order valence-corrected chi connectivity index (χ2v) is 19.8. The summed E-state index contributed by atoms with van der Waals surface area (Å²) in [5.41, 5.74) is 10.3. The van der Waals surface area contributed by atoms with Crippen LogP contribution in [0.1, 0.15) is 144 Å². The maximum absolute atomic E-state index is 13.9. The Morgan fingerprint density at radius 3 is 1.93 bits per heavy atom. The summed E-state index contributed by atoms with van der Waals surface area (Å²) in [6.45, 7) is 8.69. The number of alkyl carbamates (subject to hydrolysis) is 2. The van der Waals surface area contributed by atoms with Crippen LogP contribution in [0.2, 0.25) is 0 Å². The predicted molar refractivity (Wildman–Crippen MR) is 256 cm³/mol. The summed E-state index contributed by atoms with van der Waals surface area (Å²) in [6, 6.07) is 8.48. The van der Waals surface area contributed by atoms with E-state index in [4.69, 9.17) is 19.4 Å². The molecule has 2 aliphatic heterocycles. The van der Waals surface area contributed by atoms with Crippen LogP contribution < -0.4 is 16.2 Å². The Bertz CT molecular complexity index is 2710. The third kappa shape index (κ3) is 8.65. The van der Waals surface area contributed by atoms with E-state index in [1.165, 1.54) is 67.7 Å². The van der Waals surface area contributed by atoms with Crippen molar-refractivity contribution in [3.63, 3.8) is 0 Å². The number of nitrogens with zero attached hydrogens (tertiary/aromatic N) is 4. The molecular formula is C52H64N8O7. The summed E-state index contributed by atoms with van der Waals surface area (Å²) in [4.78, 5) is 85.6. The second-order valence-electron chi connectivity index (χ2n) is 19.8. The van der Waals surface area contributed by atoms with Crippen LogP contribution in [-0.4, -0.2) is 93.1 Å². The summed E-state index contributed by atoms with van der Waals surface area (Å²) >= 11 is 0. The molecule has 2 aromatic carbocycles. The molecule has 1 spiro atoms. The molecule has 9 rings (SSSR count). The van der Waals surface area contributed by atoms with Gasteiger partial charge in [-0.1, -0.05) is 70.9 Å². The van der Waals surface area contributed by atoms with Crippen LogP contribution in [0, 0.1) is 11.8 Å². The van der Waals surface area contributed by atoms with Crippen molar-refractivity contribution < 1.29 is 28.7 Å². The number of aromatic nitrogens is 4. The number of aromatic amines is 2. The first-order valence-corrected chi connectivity index (χ1v) is 24.3. The lowest BCUT2D eigenvalue weighted by atomic mass is 9.75. The molecule has 4 N–H and O–H groups in total. The first-order chi connectivity index (χ1) is 32.3. The number of methoxy groups -OCH3 is 2. The zero-order valence-electron chi connectivity index (χ0n) is 39.6. The highest BCUT2D eigenvalue weighted by Gasteiger charge is 2.44. The largest absolute Gasteiger partial charge is 0.453 e. The van der Waals surface area contributed by atoms with Gasteiger partial charge in [-0.05, 0) is 133 Å². The van der Waals surface area contributed by atoms with E-state index in [9.17, 15) is 24.0 Å². The van der Waals surface area contributed by atoms with Gasteiger partial charge in [0, 0.05) is 13.1 Å². The van der Waals surface area contributed by atoms with Crippen molar-refractivity contribution in [2.75, 3.05) is 27.3 Å². The molecule has 4 amide bonds. The van der Waals surface area contributed by atoms with Gasteiger partial charge in [0.2, 0.25) is 11.8 Å². The highest BCUT2D eigenvalue weighted by atomic mass is 16.5. The summed E-state index contributed by atoms with van der Waals surface area (Å²) < 4.78 is 9.60. The van der Waals surface area contributed by atoms with Gasteiger partial charge < -0.3 is 39.9 Å². The first kappa shape index (κ1) is 45.9. The lowest BCUT2D eigenvalue weighted by molar-refractivity contribution is -0.136. The number of rotatable bonds is 11. The van der Waals surface area contributed by atoms with Gasteiger partial charge in [0.1, 0.15) is 23.7 Å². The monoisotopic (exact) mass is 912 g/mol. The molecule has 0 radical (unpaired) electrons. The summed E-state index contributed by atoms with van der Waals surface area (Å²) in [5.74, 6) is 0.597. The fourth-order valence-electron chi connectivity index (χ4n) is 11.7. The molecule has 67 heavy (non-hydrogen) atoms. The van der Waals surface area contributed by atoms with E-state index >= 15 is 0 Å². The van der Waals surface area contributed by atoms with E-state index in [0.717, 1.165) is 67.6 Å². The average Bonchev–Trinajstić information content (AvgIpc) is 4.20. The number of ether oxygens (including phenoxy) is 2. The Morgan fingerprint density at radius 2 is 1.33 bits per heavy atom. The van der Waals surface area contributed by atoms with Gasteiger partial charge in [0.15, 0.2) is 0 Å². The van der Waals surface area contributed by atoms with Crippen LogP contribution in [-0.2, 0) is 30.9 Å². The average molecular weight is 913 g/mol. The Labute approximate surface area is 391 Å². The number of hydrogen-bond acceptors (Lipinski definition) is 9. The molecule has 0 bridgehead atoms. The van der Waals surface area contributed by atoms with Crippen molar-refractivity contribution in [2.45, 2.75) is 134 Å². The van der Waals surface area contributed by atoms with E-state index in [2.05, 4.69) is 51.0 Å². The fraction of sp³-hybridized carbons (Fsp3) is 0.519. The fourth-order valence-corrected chi connectivity index (χ4v) is 11.7. The quantitative estimate of drug-likeness (QED) is 0.114. The molecule has 2 saturated heterocycles. The number of carbonyl (C=O) groups excluding carboxylic acids is 4. The number of imidazole rings is 1. The third-order valence-electron chi connectivity index (χ3n) is 15.2.